The molecule has 0 atom stereocenters. The van der Waals surface area contributed by atoms with Crippen LogP contribution in [0.25, 0.3) is 11.1 Å². The van der Waals surface area contributed by atoms with Crippen molar-refractivity contribution in [2.24, 2.45) is 0 Å². The normalized spacial score (nSPS) is 10.6. The molecule has 0 amide bonds. The van der Waals surface area contributed by atoms with Gasteiger partial charge in [-0.25, -0.2) is 0 Å². The Labute approximate surface area is 109 Å². The maximum atomic E-state index is 6.06. The summed E-state index contributed by atoms with van der Waals surface area (Å²) in [5.74, 6) is 0. The van der Waals surface area contributed by atoms with Crippen molar-refractivity contribution in [1.82, 2.24) is 0 Å². The van der Waals surface area contributed by atoms with E-state index >= 15 is 0 Å². The predicted molar refractivity (Wildman–Crippen MR) is 79.4 cm³/mol. The lowest BCUT2D eigenvalue weighted by Crippen LogP contribution is -1.99. The zero-order chi connectivity index (χ0) is 13.1. The molecular formula is C16H20N2. The van der Waals surface area contributed by atoms with E-state index in [4.69, 9.17) is 11.5 Å². The van der Waals surface area contributed by atoms with Crippen molar-refractivity contribution in [2.45, 2.75) is 26.7 Å². The SMILES string of the molecule is CCCc1c(N)ccc(-c2ccc(N)cc2)c1C. The van der Waals surface area contributed by atoms with Crippen molar-refractivity contribution in [3.05, 3.63) is 47.5 Å². The largest absolute Gasteiger partial charge is 0.399 e. The quantitative estimate of drug-likeness (QED) is 0.802. The van der Waals surface area contributed by atoms with Gasteiger partial charge in [0.25, 0.3) is 0 Å². The molecule has 0 spiro atoms. The molecule has 0 unspecified atom stereocenters. The summed E-state index contributed by atoms with van der Waals surface area (Å²) in [6.45, 7) is 4.32. The Hall–Kier alpha value is -1.96. The Morgan fingerprint density at radius 2 is 1.61 bits per heavy atom. The van der Waals surface area contributed by atoms with Gasteiger partial charge in [-0.15, -0.1) is 0 Å². The molecule has 0 aromatic heterocycles. The Morgan fingerprint density at radius 1 is 0.944 bits per heavy atom. The maximum Gasteiger partial charge on any atom is 0.0349 e. The van der Waals surface area contributed by atoms with Crippen LogP contribution in [0.1, 0.15) is 24.5 Å². The first-order valence-corrected chi connectivity index (χ1v) is 6.37. The van der Waals surface area contributed by atoms with Crippen LogP contribution in [0.15, 0.2) is 36.4 Å². The lowest BCUT2D eigenvalue weighted by Gasteiger charge is -2.14. The van der Waals surface area contributed by atoms with Gasteiger partial charge in [-0.2, -0.15) is 0 Å². The molecule has 94 valence electrons. The molecule has 18 heavy (non-hydrogen) atoms. The molecule has 0 heterocycles. The first kappa shape index (κ1) is 12.5. The number of hydrogen-bond donors (Lipinski definition) is 2. The van der Waals surface area contributed by atoms with E-state index in [-0.39, 0.29) is 0 Å². The smallest absolute Gasteiger partial charge is 0.0349 e. The van der Waals surface area contributed by atoms with Crippen LogP contribution in [0.4, 0.5) is 11.4 Å². The van der Waals surface area contributed by atoms with Crippen molar-refractivity contribution in [2.75, 3.05) is 11.5 Å². The first-order valence-electron chi connectivity index (χ1n) is 6.37. The van der Waals surface area contributed by atoms with Crippen LogP contribution in [0.5, 0.6) is 0 Å². The zero-order valence-electron chi connectivity index (χ0n) is 11.0. The average Bonchev–Trinajstić information content (AvgIpc) is 2.36. The Balaban J connectivity index is 2.51. The van der Waals surface area contributed by atoms with Crippen LogP contribution >= 0.6 is 0 Å². The van der Waals surface area contributed by atoms with Crippen LogP contribution < -0.4 is 11.5 Å². The fourth-order valence-electron chi connectivity index (χ4n) is 2.34. The highest BCUT2D eigenvalue weighted by molar-refractivity contribution is 5.73. The molecule has 0 aliphatic rings. The fraction of sp³-hybridized carbons (Fsp3) is 0.250. The fourth-order valence-corrected chi connectivity index (χ4v) is 2.34. The topological polar surface area (TPSA) is 52.0 Å². The minimum Gasteiger partial charge on any atom is -0.399 e. The summed E-state index contributed by atoms with van der Waals surface area (Å²) in [6.07, 6.45) is 2.14. The van der Waals surface area contributed by atoms with Gasteiger partial charge in [0.1, 0.15) is 0 Å². The van der Waals surface area contributed by atoms with Gasteiger partial charge >= 0.3 is 0 Å². The number of rotatable bonds is 3. The lowest BCUT2D eigenvalue weighted by atomic mass is 9.93. The minimum absolute atomic E-state index is 0.792. The third-order valence-corrected chi connectivity index (χ3v) is 3.36. The Kier molecular flexibility index (Phi) is 3.56. The average molecular weight is 240 g/mol. The maximum absolute atomic E-state index is 6.06. The number of benzene rings is 2. The lowest BCUT2D eigenvalue weighted by molar-refractivity contribution is 0.916. The summed E-state index contributed by atoms with van der Waals surface area (Å²) in [5, 5.41) is 0. The van der Waals surface area contributed by atoms with Gasteiger partial charge in [0.15, 0.2) is 0 Å². The van der Waals surface area contributed by atoms with E-state index in [1.807, 2.05) is 18.2 Å². The third-order valence-electron chi connectivity index (χ3n) is 3.36. The monoisotopic (exact) mass is 240 g/mol. The second kappa shape index (κ2) is 5.13. The summed E-state index contributed by atoms with van der Waals surface area (Å²) >= 11 is 0. The van der Waals surface area contributed by atoms with E-state index in [0.29, 0.717) is 0 Å². The van der Waals surface area contributed by atoms with Crippen molar-refractivity contribution in [1.29, 1.82) is 0 Å². The molecule has 2 heteroatoms. The van der Waals surface area contributed by atoms with E-state index in [9.17, 15) is 0 Å². The highest BCUT2D eigenvalue weighted by atomic mass is 14.6. The van der Waals surface area contributed by atoms with Crippen LogP contribution in [-0.2, 0) is 6.42 Å². The molecule has 0 saturated heterocycles. The molecule has 0 radical (unpaired) electrons. The Morgan fingerprint density at radius 3 is 2.22 bits per heavy atom. The van der Waals surface area contributed by atoms with Gasteiger partial charge in [0.2, 0.25) is 0 Å². The standard InChI is InChI=1S/C16H20N2/c1-3-4-15-11(2)14(9-10-16(15)18)12-5-7-13(17)8-6-12/h5-10H,3-4,17-18H2,1-2H3. The Bertz CT molecular complexity index is 542. The third kappa shape index (κ3) is 2.33. The molecule has 0 saturated carbocycles. The van der Waals surface area contributed by atoms with E-state index in [2.05, 4.69) is 32.0 Å². The number of nitrogen functional groups attached to an aromatic ring is 2. The van der Waals surface area contributed by atoms with E-state index in [1.54, 1.807) is 0 Å². The summed E-state index contributed by atoms with van der Waals surface area (Å²) in [6, 6.07) is 12.1. The summed E-state index contributed by atoms with van der Waals surface area (Å²) < 4.78 is 0. The van der Waals surface area contributed by atoms with Crippen molar-refractivity contribution in [3.63, 3.8) is 0 Å². The van der Waals surface area contributed by atoms with Crippen LogP contribution in [-0.4, -0.2) is 0 Å². The molecule has 0 aliphatic heterocycles. The molecule has 0 fully saturated rings. The van der Waals surface area contributed by atoms with Gasteiger partial charge in [-0.1, -0.05) is 31.5 Å². The molecule has 0 bridgehead atoms. The molecule has 0 aliphatic carbocycles. The molecular weight excluding hydrogens is 220 g/mol. The van der Waals surface area contributed by atoms with Gasteiger partial charge in [0, 0.05) is 11.4 Å². The van der Waals surface area contributed by atoms with Gasteiger partial charge in [-0.05, 0) is 53.8 Å². The predicted octanol–water partition coefficient (Wildman–Crippen LogP) is 3.78. The highest BCUT2D eigenvalue weighted by Gasteiger charge is 2.08. The van der Waals surface area contributed by atoms with E-state index < -0.39 is 0 Å². The van der Waals surface area contributed by atoms with Crippen LogP contribution in [0.2, 0.25) is 0 Å². The summed E-state index contributed by atoms with van der Waals surface area (Å²) in [7, 11) is 0. The van der Waals surface area contributed by atoms with Crippen LogP contribution in [0.3, 0.4) is 0 Å². The van der Waals surface area contributed by atoms with Crippen LogP contribution in [0, 0.1) is 6.92 Å². The molecule has 2 nitrogen and oxygen atoms in total. The second-order valence-electron chi connectivity index (χ2n) is 4.68. The van der Waals surface area contributed by atoms with Gasteiger partial charge in [-0.3, -0.25) is 0 Å². The molecule has 2 aromatic rings. The van der Waals surface area contributed by atoms with E-state index in [1.165, 1.54) is 22.3 Å². The second-order valence-corrected chi connectivity index (χ2v) is 4.68. The number of anilines is 2. The molecule has 2 rings (SSSR count). The summed E-state index contributed by atoms with van der Waals surface area (Å²) in [4.78, 5) is 0. The molecule has 4 N–H and O–H groups in total. The van der Waals surface area contributed by atoms with Gasteiger partial charge < -0.3 is 11.5 Å². The van der Waals surface area contributed by atoms with Crippen molar-refractivity contribution >= 4 is 11.4 Å². The van der Waals surface area contributed by atoms with Crippen molar-refractivity contribution < 1.29 is 0 Å². The van der Waals surface area contributed by atoms with Gasteiger partial charge in [0.05, 0.1) is 0 Å². The minimum atomic E-state index is 0.792. The summed E-state index contributed by atoms with van der Waals surface area (Å²) in [5.41, 5.74) is 18.5. The number of nitrogens with two attached hydrogens (primary N) is 2. The highest BCUT2D eigenvalue weighted by Crippen LogP contribution is 2.30. The van der Waals surface area contributed by atoms with Crippen molar-refractivity contribution in [3.8, 4) is 11.1 Å². The zero-order valence-corrected chi connectivity index (χ0v) is 11.0. The number of hydrogen-bond acceptors (Lipinski definition) is 2. The van der Waals surface area contributed by atoms with E-state index in [0.717, 1.165) is 24.2 Å². The molecule has 2 aromatic carbocycles. The first-order chi connectivity index (χ1) is 8.63.